The van der Waals surface area contributed by atoms with Crippen LogP contribution in [0.5, 0.6) is 5.75 Å². The molecule has 0 radical (unpaired) electrons. The lowest BCUT2D eigenvalue weighted by molar-refractivity contribution is 0.0977. The minimum Gasteiger partial charge on any atom is -0.493 e. The van der Waals surface area contributed by atoms with Crippen LogP contribution in [0, 0.1) is 16.5 Å². The Hall–Kier alpha value is -1.87. The Kier molecular flexibility index (Phi) is 7.74. The molecule has 2 aromatic carbocycles. The third-order valence-electron chi connectivity index (χ3n) is 7.64. The van der Waals surface area contributed by atoms with E-state index in [0.29, 0.717) is 41.2 Å². The zero-order valence-corrected chi connectivity index (χ0v) is 23.1. The summed E-state index contributed by atoms with van der Waals surface area (Å²) in [5.74, 6) is -0.448. The highest BCUT2D eigenvalue weighted by atomic mass is 35.5. The molecule has 1 aliphatic heterocycles. The molecule has 6 nitrogen and oxygen atoms in total. The summed E-state index contributed by atoms with van der Waals surface area (Å²) in [5, 5.41) is 0.940. The van der Waals surface area contributed by atoms with Gasteiger partial charge < -0.3 is 4.74 Å². The molecule has 10 heteroatoms. The summed E-state index contributed by atoms with van der Waals surface area (Å²) >= 11 is 12.4. The number of ether oxygens (including phenoxy) is 1. The number of halogens is 3. The van der Waals surface area contributed by atoms with Gasteiger partial charge in [-0.2, -0.15) is 0 Å². The quantitative estimate of drug-likeness (QED) is 0.352. The Morgan fingerprint density at radius 2 is 1.76 bits per heavy atom. The molecule has 2 saturated carbocycles. The van der Waals surface area contributed by atoms with Gasteiger partial charge in [-0.1, -0.05) is 23.2 Å². The lowest BCUT2D eigenvalue weighted by Crippen LogP contribution is -2.37. The molecule has 3 fully saturated rings. The molecular weight excluding hydrogens is 536 g/mol. The first-order valence-electron chi connectivity index (χ1n) is 12.9. The van der Waals surface area contributed by atoms with Gasteiger partial charge in [-0.05, 0) is 106 Å². The third kappa shape index (κ3) is 6.41. The van der Waals surface area contributed by atoms with Gasteiger partial charge in [0.15, 0.2) is 0 Å². The minimum absolute atomic E-state index is 0.168. The van der Waals surface area contributed by atoms with Crippen molar-refractivity contribution in [1.82, 2.24) is 9.62 Å². The van der Waals surface area contributed by atoms with E-state index in [1.165, 1.54) is 12.1 Å². The van der Waals surface area contributed by atoms with Crippen LogP contribution in [0.2, 0.25) is 10.0 Å². The highest BCUT2D eigenvalue weighted by Gasteiger charge is 2.35. The second kappa shape index (κ2) is 10.7. The number of carbonyl (C=O) groups excluding carboxylic acids is 1. The van der Waals surface area contributed by atoms with Gasteiger partial charge in [0.05, 0.1) is 17.4 Å². The Bertz CT molecular complexity index is 1270. The van der Waals surface area contributed by atoms with Gasteiger partial charge in [-0.15, -0.1) is 0 Å². The molecule has 2 aromatic rings. The molecule has 5 rings (SSSR count). The maximum atomic E-state index is 15.0. The number of carbonyl (C=O) groups is 1. The summed E-state index contributed by atoms with van der Waals surface area (Å²) in [7, 11) is -3.25. The van der Waals surface area contributed by atoms with Crippen molar-refractivity contribution in [2.75, 3.05) is 19.7 Å². The molecule has 2 unspecified atom stereocenters. The van der Waals surface area contributed by atoms with E-state index in [2.05, 4.69) is 16.5 Å². The number of piperidine rings is 1. The van der Waals surface area contributed by atoms with Crippen LogP contribution < -0.4 is 9.46 Å². The van der Waals surface area contributed by atoms with Crippen molar-refractivity contribution in [3.8, 4) is 5.75 Å². The number of benzene rings is 2. The molecule has 1 heterocycles. The van der Waals surface area contributed by atoms with E-state index in [0.717, 1.165) is 49.9 Å². The normalized spacial score (nSPS) is 21.3. The van der Waals surface area contributed by atoms with Crippen LogP contribution in [-0.2, 0) is 9.92 Å². The van der Waals surface area contributed by atoms with Gasteiger partial charge in [0.25, 0.3) is 5.91 Å². The maximum Gasteiger partial charge on any atom is 0.266 e. The lowest BCUT2D eigenvalue weighted by Gasteiger charge is -2.36. The Balaban J connectivity index is 1.20. The average Bonchev–Trinajstić information content (AvgIpc) is 3.74. The molecular formula is C27H32Cl2FN3O3S. The number of amides is 1. The van der Waals surface area contributed by atoms with E-state index in [-0.39, 0.29) is 22.8 Å². The number of rotatable bonds is 9. The molecule has 2 aliphatic carbocycles. The summed E-state index contributed by atoms with van der Waals surface area (Å²) < 4.78 is 43.6. The Morgan fingerprint density at radius 3 is 2.35 bits per heavy atom. The summed E-state index contributed by atoms with van der Waals surface area (Å²) in [4.78, 5) is 15.1. The van der Waals surface area contributed by atoms with Gasteiger partial charge in [0.1, 0.15) is 21.5 Å². The molecule has 37 heavy (non-hydrogen) atoms. The first-order chi connectivity index (χ1) is 17.6. The molecule has 0 aromatic heterocycles. The predicted octanol–water partition coefficient (Wildman–Crippen LogP) is 6.72. The number of nitrogens with zero attached hydrogens (tertiary/aromatic N) is 1. The van der Waals surface area contributed by atoms with Crippen LogP contribution in [-0.4, -0.2) is 40.0 Å². The number of nitrogens with one attached hydrogen (secondary N) is 2. The zero-order valence-electron chi connectivity index (χ0n) is 20.8. The molecule has 2 N–H and O–H groups in total. The van der Waals surface area contributed by atoms with Crippen LogP contribution >= 0.6 is 23.2 Å². The zero-order chi connectivity index (χ0) is 26.3. The molecule has 0 spiro atoms. The van der Waals surface area contributed by atoms with Gasteiger partial charge in [-0.25, -0.2) is 13.4 Å². The van der Waals surface area contributed by atoms with E-state index in [4.69, 9.17) is 32.7 Å². The maximum absolute atomic E-state index is 15.0. The van der Waals surface area contributed by atoms with Crippen molar-refractivity contribution in [3.63, 3.8) is 0 Å². The fourth-order valence-electron chi connectivity index (χ4n) is 5.00. The van der Waals surface area contributed by atoms with Gasteiger partial charge in [0.2, 0.25) is 0 Å². The van der Waals surface area contributed by atoms with Crippen molar-refractivity contribution in [1.29, 1.82) is 4.78 Å². The Labute approximate surface area is 228 Å². The highest BCUT2D eigenvalue weighted by molar-refractivity contribution is 7.92. The van der Waals surface area contributed by atoms with E-state index < -0.39 is 21.6 Å². The van der Waals surface area contributed by atoms with Gasteiger partial charge in [0, 0.05) is 22.2 Å². The van der Waals surface area contributed by atoms with Crippen LogP contribution in [0.4, 0.5) is 4.39 Å². The number of hydrogen-bond acceptors (Lipinski definition) is 5. The van der Waals surface area contributed by atoms with Crippen molar-refractivity contribution in [2.45, 2.75) is 62.7 Å². The Morgan fingerprint density at radius 1 is 1.11 bits per heavy atom. The molecule has 1 saturated heterocycles. The van der Waals surface area contributed by atoms with E-state index in [9.17, 15) is 13.4 Å². The van der Waals surface area contributed by atoms with Gasteiger partial charge in [-0.3, -0.25) is 14.4 Å². The van der Waals surface area contributed by atoms with E-state index in [1.54, 1.807) is 6.07 Å². The number of hydrogen-bond donors (Lipinski definition) is 2. The minimum atomic E-state index is -3.25. The molecule has 1 amide bonds. The molecule has 0 bridgehead atoms. The van der Waals surface area contributed by atoms with E-state index in [1.807, 2.05) is 12.1 Å². The van der Waals surface area contributed by atoms with Crippen molar-refractivity contribution in [2.24, 2.45) is 5.92 Å². The SMILES string of the molecule is CC(c1cc(Cl)cc(Cl)c1)N1CCC(COc2cc(F)c(C(=O)NS(=N)(=O)C3CC3)cc2C2CC2)CC1. The summed E-state index contributed by atoms with van der Waals surface area (Å²) in [5.41, 5.74) is 1.75. The monoisotopic (exact) mass is 567 g/mol. The van der Waals surface area contributed by atoms with Crippen molar-refractivity contribution in [3.05, 3.63) is 62.9 Å². The standard InChI is InChI=1S/C27H32Cl2FN3O3S/c1-16(19-10-20(28)12-21(29)11-19)33-8-6-17(7-9-33)15-36-26-14-25(30)24(13-23(26)18-2-3-18)27(34)32-37(31,35)22-4-5-22/h10-14,16-18,22H,2-9,15H2,1H3,(H2,31,32,34,35). The first-order valence-corrected chi connectivity index (χ1v) is 15.2. The second-order valence-corrected chi connectivity index (χ2v) is 13.5. The molecule has 2 atom stereocenters. The summed E-state index contributed by atoms with van der Waals surface area (Å²) in [6.45, 7) is 4.47. The van der Waals surface area contributed by atoms with E-state index >= 15 is 0 Å². The van der Waals surface area contributed by atoms with Crippen molar-refractivity contribution < 1.29 is 18.1 Å². The topological polar surface area (TPSA) is 82.5 Å². The number of likely N-dealkylation sites (tertiary alicyclic amines) is 1. The smallest absolute Gasteiger partial charge is 0.266 e. The lowest BCUT2D eigenvalue weighted by atomic mass is 9.95. The van der Waals surface area contributed by atoms with Crippen molar-refractivity contribution >= 4 is 39.0 Å². The van der Waals surface area contributed by atoms with Crippen LogP contribution in [0.15, 0.2) is 30.3 Å². The highest BCUT2D eigenvalue weighted by Crippen LogP contribution is 2.45. The fourth-order valence-corrected chi connectivity index (χ4v) is 6.90. The van der Waals surface area contributed by atoms with Gasteiger partial charge >= 0.3 is 0 Å². The molecule has 200 valence electrons. The van der Waals surface area contributed by atoms with Crippen LogP contribution in [0.25, 0.3) is 0 Å². The van der Waals surface area contributed by atoms with Crippen LogP contribution in [0.3, 0.4) is 0 Å². The van der Waals surface area contributed by atoms with Crippen LogP contribution in [0.1, 0.15) is 78.9 Å². The third-order valence-corrected chi connectivity index (χ3v) is 9.97. The predicted molar refractivity (Wildman–Crippen MR) is 144 cm³/mol. The summed E-state index contributed by atoms with van der Waals surface area (Å²) in [6.07, 6.45) is 5.14. The largest absolute Gasteiger partial charge is 0.493 e. The fraction of sp³-hybridized carbons (Fsp3) is 0.519. The average molecular weight is 569 g/mol. The molecule has 3 aliphatic rings. The first kappa shape index (κ1) is 26.7. The summed E-state index contributed by atoms with van der Waals surface area (Å²) in [6, 6.07) is 8.67. The second-order valence-electron chi connectivity index (χ2n) is 10.5.